The molecule has 0 unspecified atom stereocenters. The Labute approximate surface area is 140 Å². The third-order valence-electron chi connectivity index (χ3n) is 5.36. The largest absolute Gasteiger partial charge is 0.378 e. The van der Waals surface area contributed by atoms with Gasteiger partial charge in [0.2, 0.25) is 0 Å². The third-order valence-corrected chi connectivity index (χ3v) is 5.36. The molecular formula is C20H30N2O. The second kappa shape index (κ2) is 7.20. The minimum atomic E-state index is 0.297. The monoisotopic (exact) mass is 314 g/mol. The van der Waals surface area contributed by atoms with Gasteiger partial charge >= 0.3 is 0 Å². The van der Waals surface area contributed by atoms with E-state index in [0.717, 1.165) is 30.5 Å². The fraction of sp³-hybridized carbons (Fsp3) is 0.550. The Kier molecular flexibility index (Phi) is 5.51. The number of allylic oxidation sites excluding steroid dienone is 1. The molecule has 3 heteroatoms. The average molecular weight is 314 g/mol. The van der Waals surface area contributed by atoms with E-state index in [1.165, 1.54) is 5.69 Å². The number of benzene rings is 1. The Morgan fingerprint density at radius 2 is 1.91 bits per heavy atom. The summed E-state index contributed by atoms with van der Waals surface area (Å²) >= 11 is 0. The Bertz CT molecular complexity index is 570. The van der Waals surface area contributed by atoms with Gasteiger partial charge in [-0.25, -0.2) is 0 Å². The lowest BCUT2D eigenvalue weighted by Gasteiger charge is -2.36. The number of ketones is 1. The first-order chi connectivity index (χ1) is 10.8. The van der Waals surface area contributed by atoms with Gasteiger partial charge in [-0.1, -0.05) is 27.2 Å². The van der Waals surface area contributed by atoms with Gasteiger partial charge in [-0.15, -0.1) is 0 Å². The third kappa shape index (κ3) is 4.37. The van der Waals surface area contributed by atoms with Crippen LogP contribution in [-0.4, -0.2) is 19.9 Å². The van der Waals surface area contributed by atoms with Gasteiger partial charge in [0.05, 0.1) is 0 Å². The van der Waals surface area contributed by atoms with Crippen LogP contribution >= 0.6 is 0 Å². The van der Waals surface area contributed by atoms with Crippen molar-refractivity contribution in [2.75, 3.05) is 24.3 Å². The summed E-state index contributed by atoms with van der Waals surface area (Å²) in [5.74, 6) is 0.889. The second-order valence-electron chi connectivity index (χ2n) is 7.46. The zero-order valence-corrected chi connectivity index (χ0v) is 15.1. The van der Waals surface area contributed by atoms with Crippen molar-refractivity contribution >= 4 is 17.2 Å². The molecule has 1 aliphatic carbocycles. The topological polar surface area (TPSA) is 32.3 Å². The fourth-order valence-electron chi connectivity index (χ4n) is 3.07. The minimum absolute atomic E-state index is 0.297. The maximum absolute atomic E-state index is 12.2. The standard InChI is InChI=1S/C20H30N2O/c1-6-20(2,3)16-7-12-19(23)15(13-16)14-21-17-8-10-18(11-9-17)22(4)5/h8-11,14,16,21H,6-7,12-13H2,1-5H3/b15-14+/t16-/m1/s1. The summed E-state index contributed by atoms with van der Waals surface area (Å²) < 4.78 is 0. The lowest BCUT2D eigenvalue weighted by Crippen LogP contribution is -2.29. The van der Waals surface area contributed by atoms with Crippen LogP contribution in [0.2, 0.25) is 0 Å². The Balaban J connectivity index is 2.06. The van der Waals surface area contributed by atoms with Crippen molar-refractivity contribution in [1.29, 1.82) is 0 Å². The van der Waals surface area contributed by atoms with E-state index < -0.39 is 0 Å². The Morgan fingerprint density at radius 3 is 2.48 bits per heavy atom. The van der Waals surface area contributed by atoms with Crippen LogP contribution in [0.5, 0.6) is 0 Å². The zero-order valence-electron chi connectivity index (χ0n) is 15.1. The highest BCUT2D eigenvalue weighted by Crippen LogP contribution is 2.41. The molecule has 1 atom stereocenters. The first-order valence-electron chi connectivity index (χ1n) is 8.59. The van der Waals surface area contributed by atoms with Crippen molar-refractivity contribution in [2.45, 2.75) is 46.5 Å². The van der Waals surface area contributed by atoms with E-state index in [1.54, 1.807) is 0 Å². The summed E-state index contributed by atoms with van der Waals surface area (Å²) in [6, 6.07) is 8.25. The summed E-state index contributed by atoms with van der Waals surface area (Å²) in [6.07, 6.45) is 5.67. The number of nitrogens with zero attached hydrogens (tertiary/aromatic N) is 1. The van der Waals surface area contributed by atoms with E-state index in [2.05, 4.69) is 43.1 Å². The molecule has 1 aromatic carbocycles. The molecular weight excluding hydrogens is 284 g/mol. The van der Waals surface area contributed by atoms with Crippen LogP contribution in [-0.2, 0) is 4.79 Å². The van der Waals surface area contributed by atoms with Gasteiger partial charge in [-0.2, -0.15) is 0 Å². The van der Waals surface area contributed by atoms with Gasteiger partial charge in [-0.3, -0.25) is 4.79 Å². The van der Waals surface area contributed by atoms with Crippen LogP contribution in [0, 0.1) is 11.3 Å². The molecule has 0 aromatic heterocycles. The molecule has 0 spiro atoms. The number of carbonyl (C=O) groups excluding carboxylic acids is 1. The van der Waals surface area contributed by atoms with Crippen molar-refractivity contribution < 1.29 is 4.79 Å². The number of rotatable bonds is 5. The van der Waals surface area contributed by atoms with Gasteiger partial charge in [0.1, 0.15) is 0 Å². The van der Waals surface area contributed by atoms with Gasteiger partial charge in [0, 0.05) is 43.7 Å². The van der Waals surface area contributed by atoms with Gasteiger partial charge in [0.25, 0.3) is 0 Å². The molecule has 0 radical (unpaired) electrons. The molecule has 1 aliphatic rings. The van der Waals surface area contributed by atoms with Crippen molar-refractivity contribution in [2.24, 2.45) is 11.3 Å². The van der Waals surface area contributed by atoms with Crippen molar-refractivity contribution in [3.63, 3.8) is 0 Å². The van der Waals surface area contributed by atoms with Crippen molar-refractivity contribution in [3.05, 3.63) is 36.0 Å². The lowest BCUT2D eigenvalue weighted by atomic mass is 9.68. The van der Waals surface area contributed by atoms with E-state index in [4.69, 9.17) is 0 Å². The molecule has 23 heavy (non-hydrogen) atoms. The highest BCUT2D eigenvalue weighted by atomic mass is 16.1. The quantitative estimate of drug-likeness (QED) is 0.788. The summed E-state index contributed by atoms with van der Waals surface area (Å²) in [5.41, 5.74) is 3.43. The van der Waals surface area contributed by atoms with Gasteiger partial charge in [-0.05, 0) is 48.4 Å². The van der Waals surface area contributed by atoms with Gasteiger partial charge < -0.3 is 10.2 Å². The average Bonchev–Trinajstić information content (AvgIpc) is 2.54. The summed E-state index contributed by atoms with van der Waals surface area (Å²) in [5, 5.41) is 3.30. The van der Waals surface area contributed by atoms with E-state index in [9.17, 15) is 4.79 Å². The first kappa shape index (κ1) is 17.6. The number of hydrogen-bond acceptors (Lipinski definition) is 3. The predicted molar refractivity (Wildman–Crippen MR) is 98.9 cm³/mol. The van der Waals surface area contributed by atoms with E-state index in [-0.39, 0.29) is 0 Å². The minimum Gasteiger partial charge on any atom is -0.378 e. The number of anilines is 2. The number of carbonyl (C=O) groups is 1. The maximum Gasteiger partial charge on any atom is 0.160 e. The number of nitrogens with one attached hydrogen (secondary N) is 1. The van der Waals surface area contributed by atoms with Crippen LogP contribution in [0.1, 0.15) is 46.5 Å². The maximum atomic E-state index is 12.2. The fourth-order valence-corrected chi connectivity index (χ4v) is 3.07. The predicted octanol–water partition coefficient (Wildman–Crippen LogP) is 4.85. The molecule has 1 N–H and O–H groups in total. The molecule has 1 fully saturated rings. The molecule has 2 rings (SSSR count). The molecule has 0 amide bonds. The van der Waals surface area contributed by atoms with E-state index in [1.807, 2.05) is 32.4 Å². The van der Waals surface area contributed by atoms with E-state index >= 15 is 0 Å². The van der Waals surface area contributed by atoms with Crippen LogP contribution in [0.3, 0.4) is 0 Å². The molecule has 0 aliphatic heterocycles. The number of Topliss-reactive ketones (excluding diaryl/α,β-unsaturated/α-hetero) is 1. The Hall–Kier alpha value is -1.77. The summed E-state index contributed by atoms with van der Waals surface area (Å²) in [4.78, 5) is 14.3. The molecule has 126 valence electrons. The summed E-state index contributed by atoms with van der Waals surface area (Å²) in [7, 11) is 4.06. The number of hydrogen-bond donors (Lipinski definition) is 1. The van der Waals surface area contributed by atoms with Crippen molar-refractivity contribution in [1.82, 2.24) is 0 Å². The molecule has 1 aromatic rings. The molecule has 0 saturated heterocycles. The summed E-state index contributed by atoms with van der Waals surface area (Å²) in [6.45, 7) is 6.88. The normalized spacial score (nSPS) is 20.7. The lowest BCUT2D eigenvalue weighted by molar-refractivity contribution is -0.117. The van der Waals surface area contributed by atoms with Crippen LogP contribution in [0.4, 0.5) is 11.4 Å². The van der Waals surface area contributed by atoms with Crippen LogP contribution in [0.25, 0.3) is 0 Å². The smallest absolute Gasteiger partial charge is 0.160 e. The van der Waals surface area contributed by atoms with Crippen LogP contribution < -0.4 is 10.2 Å². The molecule has 0 heterocycles. The molecule has 3 nitrogen and oxygen atoms in total. The van der Waals surface area contributed by atoms with Crippen molar-refractivity contribution in [3.8, 4) is 0 Å². The van der Waals surface area contributed by atoms with E-state index in [0.29, 0.717) is 23.5 Å². The highest BCUT2D eigenvalue weighted by Gasteiger charge is 2.33. The highest BCUT2D eigenvalue weighted by molar-refractivity contribution is 5.96. The van der Waals surface area contributed by atoms with Gasteiger partial charge in [0.15, 0.2) is 5.78 Å². The second-order valence-corrected chi connectivity index (χ2v) is 7.46. The molecule has 1 saturated carbocycles. The zero-order chi connectivity index (χ0) is 17.0. The first-order valence-corrected chi connectivity index (χ1v) is 8.59. The molecule has 0 bridgehead atoms. The SMILES string of the molecule is CCC(C)(C)[C@@H]1CCC(=O)/C(=C/Nc2ccc(N(C)C)cc2)C1. The van der Waals surface area contributed by atoms with Crippen LogP contribution in [0.15, 0.2) is 36.0 Å². The Morgan fingerprint density at radius 1 is 1.26 bits per heavy atom.